The standard InChI is InChI=1S/C3H5Cl3.C3H6Cl2/c4-1-3(6)2-5;1-3(5)2-4/h3H,1-2H2;3H,2H2,1H3. The van der Waals surface area contributed by atoms with Crippen molar-refractivity contribution in [2.75, 3.05) is 17.6 Å². The molecule has 5 heteroatoms. The first kappa shape index (κ1) is 14.9. The van der Waals surface area contributed by atoms with E-state index in [1.54, 1.807) is 0 Å². The Bertz CT molecular complexity index is 62.0. The third kappa shape index (κ3) is 18.4. The van der Waals surface area contributed by atoms with E-state index < -0.39 is 0 Å². The van der Waals surface area contributed by atoms with Gasteiger partial charge in [-0.3, -0.25) is 0 Å². The molecule has 0 aromatic carbocycles. The molecule has 0 amide bonds. The normalized spacial score (nSPS) is 12.3. The number of rotatable bonds is 3. The van der Waals surface area contributed by atoms with E-state index in [4.69, 9.17) is 58.0 Å². The van der Waals surface area contributed by atoms with Crippen LogP contribution >= 0.6 is 58.0 Å². The second-order valence-corrected chi connectivity index (χ2v) is 4.13. The summed E-state index contributed by atoms with van der Waals surface area (Å²) in [6.07, 6.45) is 0. The lowest BCUT2D eigenvalue weighted by atomic mass is 10.6. The third-order valence-corrected chi connectivity index (χ3v) is 2.69. The minimum atomic E-state index is -0.0617. The first-order chi connectivity index (χ1) is 5.08. The monoisotopic (exact) mass is 258 g/mol. The molecule has 0 saturated heterocycles. The number of hydrogen-bond acceptors (Lipinski definition) is 0. The average Bonchev–Trinajstić information content (AvgIpc) is 2.04. The summed E-state index contributed by atoms with van der Waals surface area (Å²) in [5.41, 5.74) is 0. The molecule has 1 unspecified atom stereocenters. The van der Waals surface area contributed by atoms with Crippen LogP contribution in [0.15, 0.2) is 0 Å². The SMILES string of the molecule is CC(Cl)CCl.ClCC(Cl)CCl. The topological polar surface area (TPSA) is 0 Å². The molecule has 0 fully saturated rings. The molecule has 0 saturated carbocycles. The molecule has 0 aliphatic heterocycles. The van der Waals surface area contributed by atoms with Crippen LogP contribution in [0.2, 0.25) is 0 Å². The first-order valence-corrected chi connectivity index (χ1v) is 5.52. The van der Waals surface area contributed by atoms with Crippen LogP contribution in [0.5, 0.6) is 0 Å². The second kappa shape index (κ2) is 11.4. The van der Waals surface area contributed by atoms with Gasteiger partial charge in [0.05, 0.1) is 5.38 Å². The van der Waals surface area contributed by atoms with Gasteiger partial charge in [-0.05, 0) is 6.92 Å². The van der Waals surface area contributed by atoms with Crippen molar-refractivity contribution in [1.82, 2.24) is 0 Å². The highest BCUT2D eigenvalue weighted by molar-refractivity contribution is 6.32. The fourth-order valence-corrected chi connectivity index (χ4v) is 0.371. The van der Waals surface area contributed by atoms with Crippen LogP contribution in [0.25, 0.3) is 0 Å². The van der Waals surface area contributed by atoms with Crippen molar-refractivity contribution >= 4 is 58.0 Å². The summed E-state index contributed by atoms with van der Waals surface area (Å²) >= 11 is 26.4. The van der Waals surface area contributed by atoms with Crippen molar-refractivity contribution in [3.8, 4) is 0 Å². The van der Waals surface area contributed by atoms with Gasteiger partial charge in [-0.1, -0.05) is 0 Å². The molecule has 0 aliphatic rings. The Morgan fingerprint density at radius 2 is 1.18 bits per heavy atom. The van der Waals surface area contributed by atoms with Crippen LogP contribution in [-0.4, -0.2) is 28.4 Å². The van der Waals surface area contributed by atoms with E-state index in [1.807, 2.05) is 6.92 Å². The van der Waals surface area contributed by atoms with Gasteiger partial charge >= 0.3 is 0 Å². The fourth-order valence-electron chi connectivity index (χ4n) is 0.0412. The van der Waals surface area contributed by atoms with Crippen molar-refractivity contribution in [1.29, 1.82) is 0 Å². The van der Waals surface area contributed by atoms with Crippen LogP contribution in [0, 0.1) is 0 Å². The van der Waals surface area contributed by atoms with E-state index in [0.29, 0.717) is 17.6 Å². The number of alkyl halides is 5. The summed E-state index contributed by atoms with van der Waals surface area (Å²) < 4.78 is 0. The van der Waals surface area contributed by atoms with E-state index >= 15 is 0 Å². The minimum absolute atomic E-state index is 0.0617. The molecular weight excluding hydrogens is 249 g/mol. The highest BCUT2D eigenvalue weighted by Gasteiger charge is 1.95. The largest absolute Gasteiger partial charge is 0.125 e. The quantitative estimate of drug-likeness (QED) is 0.675. The maximum Gasteiger partial charge on any atom is 0.0606 e. The van der Waals surface area contributed by atoms with E-state index in [1.165, 1.54) is 0 Å². The molecule has 0 rings (SSSR count). The van der Waals surface area contributed by atoms with Crippen LogP contribution in [0.4, 0.5) is 0 Å². The molecule has 0 heterocycles. The van der Waals surface area contributed by atoms with Gasteiger partial charge < -0.3 is 0 Å². The molecule has 0 aromatic rings. The molecular formula is C6H11Cl5. The van der Waals surface area contributed by atoms with Gasteiger partial charge in [0.25, 0.3) is 0 Å². The molecule has 1 atom stereocenters. The van der Waals surface area contributed by atoms with Crippen molar-refractivity contribution < 1.29 is 0 Å². The Balaban J connectivity index is 0. The summed E-state index contributed by atoms with van der Waals surface area (Å²) in [6.45, 7) is 1.86. The number of hydrogen-bond donors (Lipinski definition) is 0. The van der Waals surface area contributed by atoms with Gasteiger partial charge in [-0.25, -0.2) is 0 Å². The zero-order valence-corrected chi connectivity index (χ0v) is 9.95. The predicted molar refractivity (Wildman–Crippen MR) is 57.1 cm³/mol. The minimum Gasteiger partial charge on any atom is -0.125 e. The van der Waals surface area contributed by atoms with Crippen molar-refractivity contribution in [3.05, 3.63) is 0 Å². The first-order valence-electron chi connectivity index (χ1n) is 3.04. The van der Waals surface area contributed by atoms with Crippen LogP contribution in [0.3, 0.4) is 0 Å². The zero-order valence-electron chi connectivity index (χ0n) is 6.17. The van der Waals surface area contributed by atoms with Gasteiger partial charge in [0, 0.05) is 23.0 Å². The second-order valence-electron chi connectivity index (χ2n) is 1.84. The van der Waals surface area contributed by atoms with Crippen molar-refractivity contribution in [3.63, 3.8) is 0 Å². The number of halogens is 5. The lowest BCUT2D eigenvalue weighted by molar-refractivity contribution is 1.11. The van der Waals surface area contributed by atoms with E-state index in [-0.39, 0.29) is 10.8 Å². The molecule has 0 bridgehead atoms. The molecule has 70 valence electrons. The Hall–Kier alpha value is 1.45. The maximum atomic E-state index is 5.39. The lowest BCUT2D eigenvalue weighted by Gasteiger charge is -1.92. The molecule has 0 aromatic heterocycles. The van der Waals surface area contributed by atoms with E-state index in [2.05, 4.69) is 0 Å². The Kier molecular flexibility index (Phi) is 15.6. The highest BCUT2D eigenvalue weighted by atomic mass is 35.5. The van der Waals surface area contributed by atoms with Gasteiger partial charge in [0.1, 0.15) is 0 Å². The summed E-state index contributed by atoms with van der Waals surface area (Å²) in [4.78, 5) is 0. The molecule has 0 nitrogen and oxygen atoms in total. The molecule has 0 N–H and O–H groups in total. The summed E-state index contributed by atoms with van der Waals surface area (Å²) in [6, 6.07) is 0. The van der Waals surface area contributed by atoms with E-state index in [0.717, 1.165) is 0 Å². The average molecular weight is 260 g/mol. The fraction of sp³-hybridized carbons (Fsp3) is 1.00. The molecule has 0 radical (unpaired) electrons. The lowest BCUT2D eigenvalue weighted by Crippen LogP contribution is -1.99. The van der Waals surface area contributed by atoms with Crippen LogP contribution in [-0.2, 0) is 0 Å². The highest BCUT2D eigenvalue weighted by Crippen LogP contribution is 1.99. The maximum absolute atomic E-state index is 5.39. The van der Waals surface area contributed by atoms with Crippen LogP contribution < -0.4 is 0 Å². The summed E-state index contributed by atoms with van der Waals surface area (Å²) in [5.74, 6) is 1.41. The van der Waals surface area contributed by atoms with Gasteiger partial charge in [0.2, 0.25) is 0 Å². The van der Waals surface area contributed by atoms with Gasteiger partial charge in [-0.15, -0.1) is 58.0 Å². The third-order valence-electron chi connectivity index (χ3n) is 0.547. The Morgan fingerprint density at radius 1 is 0.909 bits per heavy atom. The summed E-state index contributed by atoms with van der Waals surface area (Å²) in [7, 11) is 0. The predicted octanol–water partition coefficient (Wildman–Crippen LogP) is 3.92. The van der Waals surface area contributed by atoms with Crippen molar-refractivity contribution in [2.45, 2.75) is 17.7 Å². The van der Waals surface area contributed by atoms with Gasteiger partial charge in [0.15, 0.2) is 0 Å². The van der Waals surface area contributed by atoms with Crippen LogP contribution in [0.1, 0.15) is 6.92 Å². The van der Waals surface area contributed by atoms with Gasteiger partial charge in [-0.2, -0.15) is 0 Å². The zero-order chi connectivity index (χ0) is 9.28. The molecule has 11 heavy (non-hydrogen) atoms. The van der Waals surface area contributed by atoms with E-state index in [9.17, 15) is 0 Å². The van der Waals surface area contributed by atoms with Crippen molar-refractivity contribution in [2.24, 2.45) is 0 Å². The molecule has 0 aliphatic carbocycles. The summed E-state index contributed by atoms with van der Waals surface area (Å²) in [5, 5.41) is 0.0602. The smallest absolute Gasteiger partial charge is 0.0606 e. The Labute approximate surface area is 93.1 Å². The molecule has 0 spiro atoms. The Morgan fingerprint density at radius 3 is 1.18 bits per heavy atom.